The predicted octanol–water partition coefficient (Wildman–Crippen LogP) is 4.49. The monoisotopic (exact) mass is 533 g/mol. The second kappa shape index (κ2) is 12.5. The van der Waals surface area contributed by atoms with E-state index in [0.29, 0.717) is 49.3 Å². The molecule has 0 saturated heterocycles. The van der Waals surface area contributed by atoms with E-state index in [1.165, 1.54) is 7.11 Å². The summed E-state index contributed by atoms with van der Waals surface area (Å²) >= 11 is 0. The van der Waals surface area contributed by atoms with Gasteiger partial charge in [0.25, 0.3) is 0 Å². The van der Waals surface area contributed by atoms with Crippen molar-refractivity contribution in [2.75, 3.05) is 12.0 Å². The molecule has 2 heterocycles. The van der Waals surface area contributed by atoms with E-state index in [0.717, 1.165) is 5.56 Å². The number of rotatable bonds is 7. The number of methoxy groups -OCH3 is 1. The number of alkyl carbamates (subject to hydrolysis) is 1. The van der Waals surface area contributed by atoms with Gasteiger partial charge in [-0.25, -0.2) is 24.5 Å². The summed E-state index contributed by atoms with van der Waals surface area (Å²) in [4.78, 5) is 44.7. The predicted molar refractivity (Wildman–Crippen MR) is 146 cm³/mol. The first-order valence-corrected chi connectivity index (χ1v) is 13.0. The molecule has 206 valence electrons. The molecular weight excluding hydrogens is 498 g/mol. The van der Waals surface area contributed by atoms with Crippen molar-refractivity contribution >= 4 is 17.9 Å². The van der Waals surface area contributed by atoms with Crippen LogP contribution in [0.3, 0.4) is 0 Å². The minimum Gasteiger partial charge on any atom is -0.467 e. The third-order valence-electron chi connectivity index (χ3n) is 6.28. The highest BCUT2D eigenvalue weighted by molar-refractivity contribution is 5.91. The Bertz CT molecular complexity index is 1220. The van der Waals surface area contributed by atoms with Gasteiger partial charge < -0.3 is 20.1 Å². The average Bonchev–Trinajstić information content (AvgIpc) is 2.93. The van der Waals surface area contributed by atoms with Crippen LogP contribution in [0.25, 0.3) is 11.3 Å². The summed E-state index contributed by atoms with van der Waals surface area (Å²) in [6.07, 6.45) is 8.79. The van der Waals surface area contributed by atoms with E-state index in [-0.39, 0.29) is 24.1 Å². The summed E-state index contributed by atoms with van der Waals surface area (Å²) in [6, 6.07) is 9.62. The second-order valence-electron chi connectivity index (χ2n) is 10.4. The number of ether oxygens (including phenoxy) is 2. The van der Waals surface area contributed by atoms with Crippen LogP contribution < -0.4 is 20.3 Å². The Hall–Kier alpha value is -4.28. The standard InChI is InChI=1S/C28H35N7O4/c1-28(2,3)39-27(37)34-21-10-12-22(13-11-21)35(26(36)33-14-19-8-6-5-7-9-19)24-18-29-23(17-30-24)20-15-31-25(38-4)32-16-20/h5-9,15-18,21-22H,10-14H2,1-4H3,(H,33,36)(H,34,37)/t21-,22-. The number of nitrogens with zero attached hydrogens (tertiary/aromatic N) is 5. The van der Waals surface area contributed by atoms with Crippen LogP contribution in [0.2, 0.25) is 0 Å². The van der Waals surface area contributed by atoms with E-state index in [2.05, 4.69) is 30.6 Å². The zero-order valence-corrected chi connectivity index (χ0v) is 22.8. The summed E-state index contributed by atoms with van der Waals surface area (Å²) in [5, 5.41) is 5.97. The fourth-order valence-electron chi connectivity index (χ4n) is 4.42. The molecule has 4 rings (SSSR count). The fourth-order valence-corrected chi connectivity index (χ4v) is 4.42. The number of carbonyl (C=O) groups is 2. The Balaban J connectivity index is 1.47. The summed E-state index contributed by atoms with van der Waals surface area (Å²) in [5.41, 5.74) is 1.70. The number of benzene rings is 1. The lowest BCUT2D eigenvalue weighted by Gasteiger charge is -2.36. The Morgan fingerprint density at radius 1 is 0.949 bits per heavy atom. The minimum atomic E-state index is -0.558. The molecule has 2 aromatic heterocycles. The Labute approximate surface area is 228 Å². The van der Waals surface area contributed by atoms with Gasteiger partial charge in [-0.1, -0.05) is 30.3 Å². The molecule has 0 radical (unpaired) electrons. The first kappa shape index (κ1) is 27.7. The summed E-state index contributed by atoms with van der Waals surface area (Å²) < 4.78 is 10.4. The SMILES string of the molecule is COc1ncc(-c2cnc(N(C(=O)NCc3ccccc3)[C@H]3CC[C@H](NC(=O)OC(C)(C)C)CC3)cn2)cn1. The van der Waals surface area contributed by atoms with Crippen LogP contribution in [0, 0.1) is 0 Å². The van der Waals surface area contributed by atoms with E-state index in [9.17, 15) is 9.59 Å². The largest absolute Gasteiger partial charge is 0.467 e. The normalized spacial score (nSPS) is 17.1. The number of urea groups is 1. The highest BCUT2D eigenvalue weighted by atomic mass is 16.6. The van der Waals surface area contributed by atoms with Crippen molar-refractivity contribution in [2.24, 2.45) is 0 Å². The highest BCUT2D eigenvalue weighted by Crippen LogP contribution is 2.28. The minimum absolute atomic E-state index is 0.0196. The van der Waals surface area contributed by atoms with Crippen molar-refractivity contribution in [3.63, 3.8) is 0 Å². The van der Waals surface area contributed by atoms with Gasteiger partial charge >= 0.3 is 18.1 Å². The molecule has 1 aromatic carbocycles. The van der Waals surface area contributed by atoms with E-state index < -0.39 is 11.7 Å². The van der Waals surface area contributed by atoms with Crippen LogP contribution in [0.1, 0.15) is 52.0 Å². The summed E-state index contributed by atoms with van der Waals surface area (Å²) in [5.74, 6) is 0.447. The molecule has 1 aliphatic rings. The molecule has 1 saturated carbocycles. The third kappa shape index (κ3) is 7.86. The number of aromatic nitrogens is 4. The van der Waals surface area contributed by atoms with Gasteiger partial charge in [-0.3, -0.25) is 9.88 Å². The van der Waals surface area contributed by atoms with Gasteiger partial charge in [0, 0.05) is 36.6 Å². The smallest absolute Gasteiger partial charge is 0.407 e. The molecule has 0 bridgehead atoms. The molecule has 0 aliphatic heterocycles. The molecule has 3 amide bonds. The van der Waals surface area contributed by atoms with Gasteiger partial charge in [0.2, 0.25) is 0 Å². The van der Waals surface area contributed by atoms with Crippen LogP contribution in [0.5, 0.6) is 6.01 Å². The Morgan fingerprint density at radius 2 is 1.64 bits per heavy atom. The maximum Gasteiger partial charge on any atom is 0.407 e. The molecule has 0 spiro atoms. The van der Waals surface area contributed by atoms with Crippen LogP contribution in [-0.2, 0) is 11.3 Å². The van der Waals surface area contributed by atoms with Crippen LogP contribution >= 0.6 is 0 Å². The molecular formula is C28H35N7O4. The molecule has 2 N–H and O–H groups in total. The maximum absolute atomic E-state index is 13.5. The van der Waals surface area contributed by atoms with Crippen LogP contribution in [0.15, 0.2) is 55.1 Å². The van der Waals surface area contributed by atoms with E-state index in [1.807, 2.05) is 51.1 Å². The molecule has 0 unspecified atom stereocenters. The van der Waals surface area contributed by atoms with Gasteiger partial charge in [-0.15, -0.1) is 0 Å². The number of amides is 3. The zero-order valence-electron chi connectivity index (χ0n) is 22.8. The van der Waals surface area contributed by atoms with Crippen molar-refractivity contribution in [3.8, 4) is 17.3 Å². The highest BCUT2D eigenvalue weighted by Gasteiger charge is 2.32. The lowest BCUT2D eigenvalue weighted by Crippen LogP contribution is -2.50. The topological polar surface area (TPSA) is 131 Å². The fraction of sp³-hybridized carbons (Fsp3) is 0.429. The number of carbonyl (C=O) groups excluding carboxylic acids is 2. The van der Waals surface area contributed by atoms with Gasteiger partial charge in [0.05, 0.1) is 25.2 Å². The number of hydrogen-bond donors (Lipinski definition) is 2. The van der Waals surface area contributed by atoms with Crippen LogP contribution in [-0.4, -0.2) is 56.9 Å². The van der Waals surface area contributed by atoms with Gasteiger partial charge in [0.15, 0.2) is 5.82 Å². The van der Waals surface area contributed by atoms with Crippen molar-refractivity contribution in [2.45, 2.75) is 70.7 Å². The van der Waals surface area contributed by atoms with Gasteiger partial charge in [-0.2, -0.15) is 0 Å². The van der Waals surface area contributed by atoms with Gasteiger partial charge in [0.1, 0.15) is 5.60 Å². The molecule has 0 atom stereocenters. The summed E-state index contributed by atoms with van der Waals surface area (Å²) in [6.45, 7) is 5.90. The molecule has 1 aliphatic carbocycles. The van der Waals surface area contributed by atoms with Crippen molar-refractivity contribution in [1.82, 2.24) is 30.6 Å². The molecule has 11 nitrogen and oxygen atoms in total. The average molecular weight is 534 g/mol. The van der Waals surface area contributed by atoms with Crippen molar-refractivity contribution in [1.29, 1.82) is 0 Å². The third-order valence-corrected chi connectivity index (χ3v) is 6.28. The van der Waals surface area contributed by atoms with E-state index >= 15 is 0 Å². The second-order valence-corrected chi connectivity index (χ2v) is 10.4. The maximum atomic E-state index is 13.5. The lowest BCUT2D eigenvalue weighted by molar-refractivity contribution is 0.0491. The first-order valence-electron chi connectivity index (χ1n) is 13.0. The molecule has 3 aromatic rings. The lowest BCUT2D eigenvalue weighted by atomic mass is 9.90. The van der Waals surface area contributed by atoms with E-state index in [4.69, 9.17) is 9.47 Å². The number of nitrogens with one attached hydrogen (secondary N) is 2. The van der Waals surface area contributed by atoms with Crippen molar-refractivity contribution in [3.05, 3.63) is 60.7 Å². The molecule has 11 heteroatoms. The number of anilines is 1. The van der Waals surface area contributed by atoms with E-state index in [1.54, 1.807) is 29.7 Å². The van der Waals surface area contributed by atoms with Crippen molar-refractivity contribution < 1.29 is 19.1 Å². The zero-order chi connectivity index (χ0) is 27.8. The molecule has 39 heavy (non-hydrogen) atoms. The quantitative estimate of drug-likeness (QED) is 0.454. The van der Waals surface area contributed by atoms with Gasteiger partial charge in [-0.05, 0) is 52.0 Å². The van der Waals surface area contributed by atoms with Crippen LogP contribution in [0.4, 0.5) is 15.4 Å². The first-order chi connectivity index (χ1) is 18.7. The Kier molecular flexibility index (Phi) is 8.90. The summed E-state index contributed by atoms with van der Waals surface area (Å²) in [7, 11) is 1.50. The number of hydrogen-bond acceptors (Lipinski definition) is 8. The molecule has 1 fully saturated rings. The Morgan fingerprint density at radius 3 is 2.23 bits per heavy atom.